The second-order valence-corrected chi connectivity index (χ2v) is 9.40. The van der Waals surface area contributed by atoms with Gasteiger partial charge in [-0.2, -0.15) is 0 Å². The monoisotopic (exact) mass is 402 g/mol. The molecule has 0 bridgehead atoms. The van der Waals surface area contributed by atoms with Crippen LogP contribution in [0.1, 0.15) is 47.5 Å². The van der Waals surface area contributed by atoms with Crippen molar-refractivity contribution < 1.29 is 14.3 Å². The zero-order valence-electron chi connectivity index (χ0n) is 18.3. The Hall–Kier alpha value is -2.15. The van der Waals surface area contributed by atoms with Crippen LogP contribution in [0, 0.1) is 11.3 Å². The fraction of sp³-hybridized carbons (Fsp3) is 0.682. The molecular weight excluding hydrogens is 368 g/mol. The van der Waals surface area contributed by atoms with E-state index in [9.17, 15) is 9.59 Å². The lowest BCUT2D eigenvalue weighted by molar-refractivity contribution is -0.142. The van der Waals surface area contributed by atoms with Crippen LogP contribution in [0.15, 0.2) is 18.3 Å². The molecule has 2 aliphatic heterocycles. The molecule has 1 aromatic heterocycles. The van der Waals surface area contributed by atoms with Crippen molar-refractivity contribution in [1.82, 2.24) is 9.88 Å². The van der Waals surface area contributed by atoms with Crippen molar-refractivity contribution in [3.05, 3.63) is 18.3 Å². The summed E-state index contributed by atoms with van der Waals surface area (Å²) in [4.78, 5) is 33.9. The number of nitrogens with zero attached hydrogens (tertiary/aromatic N) is 3. The molecule has 29 heavy (non-hydrogen) atoms. The van der Waals surface area contributed by atoms with Crippen LogP contribution >= 0.6 is 0 Å². The van der Waals surface area contributed by atoms with Crippen molar-refractivity contribution in [2.45, 2.75) is 59.7 Å². The molecule has 3 heterocycles. The minimum absolute atomic E-state index is 0.0421. The summed E-state index contributed by atoms with van der Waals surface area (Å²) >= 11 is 0. The lowest BCUT2D eigenvalue weighted by atomic mass is 9.91. The molecule has 160 valence electrons. The number of hydrogen-bond donors (Lipinski definition) is 1. The van der Waals surface area contributed by atoms with Crippen molar-refractivity contribution in [2.75, 3.05) is 36.4 Å². The van der Waals surface area contributed by atoms with Gasteiger partial charge < -0.3 is 19.9 Å². The Morgan fingerprint density at radius 1 is 1.14 bits per heavy atom. The summed E-state index contributed by atoms with van der Waals surface area (Å²) in [6, 6.07) is 3.84. The van der Waals surface area contributed by atoms with Gasteiger partial charge in [-0.05, 0) is 38.8 Å². The van der Waals surface area contributed by atoms with Crippen LogP contribution in [0.4, 0.5) is 11.5 Å². The third-order valence-electron chi connectivity index (χ3n) is 5.48. The van der Waals surface area contributed by atoms with E-state index in [1.165, 1.54) is 0 Å². The fourth-order valence-electron chi connectivity index (χ4n) is 4.11. The number of ether oxygens (including phenoxy) is 1. The number of nitrogens with one attached hydrogen (secondary N) is 1. The number of rotatable bonds is 3. The predicted molar refractivity (Wildman–Crippen MR) is 114 cm³/mol. The van der Waals surface area contributed by atoms with Crippen molar-refractivity contribution in [3.8, 4) is 0 Å². The summed E-state index contributed by atoms with van der Waals surface area (Å²) in [7, 11) is 0. The molecule has 1 N–H and O–H groups in total. The summed E-state index contributed by atoms with van der Waals surface area (Å²) < 4.78 is 5.77. The van der Waals surface area contributed by atoms with Gasteiger partial charge >= 0.3 is 0 Å². The average Bonchev–Trinajstić information content (AvgIpc) is 2.66. The highest BCUT2D eigenvalue weighted by Gasteiger charge is 2.33. The molecule has 0 saturated carbocycles. The SMILES string of the molecule is C[C@@H]1CN(c2ccc(NC(=O)[C@H]3CCCN(C(=O)C(C)(C)C)C3)cn2)C[C@H](C)O1. The highest BCUT2D eigenvalue weighted by molar-refractivity contribution is 5.93. The van der Waals surface area contributed by atoms with E-state index in [0.29, 0.717) is 12.2 Å². The Bertz CT molecular complexity index is 719. The molecule has 2 fully saturated rings. The molecule has 2 saturated heterocycles. The molecule has 0 radical (unpaired) electrons. The molecule has 2 aliphatic rings. The second-order valence-electron chi connectivity index (χ2n) is 9.40. The third-order valence-corrected chi connectivity index (χ3v) is 5.48. The van der Waals surface area contributed by atoms with Gasteiger partial charge in [0.2, 0.25) is 11.8 Å². The normalized spacial score (nSPS) is 25.6. The molecular formula is C22H34N4O3. The van der Waals surface area contributed by atoms with Crippen LogP contribution in [0.3, 0.4) is 0 Å². The van der Waals surface area contributed by atoms with Gasteiger partial charge in [0.05, 0.1) is 30.0 Å². The molecule has 0 aliphatic carbocycles. The summed E-state index contributed by atoms with van der Waals surface area (Å²) in [5.41, 5.74) is 0.263. The van der Waals surface area contributed by atoms with E-state index in [2.05, 4.69) is 29.0 Å². The number of piperidine rings is 1. The molecule has 0 aromatic carbocycles. The maximum atomic E-state index is 12.8. The van der Waals surface area contributed by atoms with Gasteiger partial charge in [0.1, 0.15) is 5.82 Å². The van der Waals surface area contributed by atoms with Crippen molar-refractivity contribution in [2.24, 2.45) is 11.3 Å². The number of carbonyl (C=O) groups is 2. The Balaban J connectivity index is 1.58. The van der Waals surface area contributed by atoms with E-state index >= 15 is 0 Å². The second kappa shape index (κ2) is 8.69. The first-order chi connectivity index (χ1) is 13.6. The molecule has 0 unspecified atom stereocenters. The van der Waals surface area contributed by atoms with Crippen molar-refractivity contribution in [3.63, 3.8) is 0 Å². The molecule has 7 nitrogen and oxygen atoms in total. The number of morpholine rings is 1. The molecule has 3 rings (SSSR count). The van der Waals surface area contributed by atoms with Crippen molar-refractivity contribution >= 4 is 23.3 Å². The Kier molecular flexibility index (Phi) is 6.46. The van der Waals surface area contributed by atoms with Gasteiger partial charge in [-0.25, -0.2) is 4.98 Å². The Morgan fingerprint density at radius 3 is 2.41 bits per heavy atom. The standard InChI is InChI=1S/C22H34N4O3/c1-15-12-26(13-16(2)29-15)19-9-8-18(11-23-19)24-20(27)17-7-6-10-25(14-17)21(28)22(3,4)5/h8-9,11,15-17H,6-7,10,12-14H2,1-5H3,(H,24,27)/t15-,16+,17-/m0/s1. The lowest BCUT2D eigenvalue weighted by Crippen LogP contribution is -2.47. The van der Waals surface area contributed by atoms with Gasteiger partial charge in [0, 0.05) is 31.6 Å². The van der Waals surface area contributed by atoms with Gasteiger partial charge in [-0.1, -0.05) is 20.8 Å². The molecule has 7 heteroatoms. The molecule has 0 spiro atoms. The number of amides is 2. The quantitative estimate of drug-likeness (QED) is 0.841. The minimum atomic E-state index is -0.424. The van der Waals surface area contributed by atoms with Gasteiger partial charge in [-0.3, -0.25) is 9.59 Å². The summed E-state index contributed by atoms with van der Waals surface area (Å²) in [6.45, 7) is 12.7. The molecule has 2 amide bonds. The van der Waals surface area contributed by atoms with Crippen LogP contribution in [0.25, 0.3) is 0 Å². The van der Waals surface area contributed by atoms with Gasteiger partial charge in [-0.15, -0.1) is 0 Å². The first kappa shape index (κ1) is 21.6. The molecule has 3 atom stereocenters. The van der Waals surface area contributed by atoms with E-state index in [-0.39, 0.29) is 29.9 Å². The summed E-state index contributed by atoms with van der Waals surface area (Å²) in [6.07, 6.45) is 3.70. The average molecular weight is 403 g/mol. The van der Waals surface area contributed by atoms with Crippen LogP contribution < -0.4 is 10.2 Å². The third kappa shape index (κ3) is 5.47. The topological polar surface area (TPSA) is 74.8 Å². The van der Waals surface area contributed by atoms with E-state index in [4.69, 9.17) is 4.74 Å². The number of carbonyl (C=O) groups excluding carboxylic acids is 2. The van der Waals surface area contributed by atoms with E-state index in [0.717, 1.165) is 38.3 Å². The number of pyridine rings is 1. The summed E-state index contributed by atoms with van der Waals surface area (Å²) in [5, 5.41) is 2.97. The predicted octanol–water partition coefficient (Wildman–Crippen LogP) is 2.92. The summed E-state index contributed by atoms with van der Waals surface area (Å²) in [5.74, 6) is 0.773. The first-order valence-corrected chi connectivity index (χ1v) is 10.6. The van der Waals surface area contributed by atoms with Crippen LogP contribution in [-0.4, -0.2) is 60.1 Å². The maximum Gasteiger partial charge on any atom is 0.229 e. The highest BCUT2D eigenvalue weighted by atomic mass is 16.5. The largest absolute Gasteiger partial charge is 0.372 e. The van der Waals surface area contributed by atoms with E-state index in [1.54, 1.807) is 6.20 Å². The van der Waals surface area contributed by atoms with E-state index < -0.39 is 5.41 Å². The smallest absolute Gasteiger partial charge is 0.229 e. The number of anilines is 2. The van der Waals surface area contributed by atoms with Crippen LogP contribution in [-0.2, 0) is 14.3 Å². The highest BCUT2D eigenvalue weighted by Crippen LogP contribution is 2.25. The first-order valence-electron chi connectivity index (χ1n) is 10.6. The zero-order chi connectivity index (χ0) is 21.2. The lowest BCUT2D eigenvalue weighted by Gasteiger charge is -2.36. The van der Waals surface area contributed by atoms with E-state index in [1.807, 2.05) is 37.8 Å². The van der Waals surface area contributed by atoms with Crippen molar-refractivity contribution in [1.29, 1.82) is 0 Å². The van der Waals surface area contributed by atoms with Gasteiger partial charge in [0.15, 0.2) is 0 Å². The zero-order valence-corrected chi connectivity index (χ0v) is 18.3. The fourth-order valence-corrected chi connectivity index (χ4v) is 4.11. The Morgan fingerprint density at radius 2 is 1.83 bits per heavy atom. The molecule has 1 aromatic rings. The van der Waals surface area contributed by atoms with Gasteiger partial charge in [0.25, 0.3) is 0 Å². The maximum absolute atomic E-state index is 12.8. The van der Waals surface area contributed by atoms with Crippen LogP contribution in [0.2, 0.25) is 0 Å². The van der Waals surface area contributed by atoms with Crippen LogP contribution in [0.5, 0.6) is 0 Å². The number of likely N-dealkylation sites (tertiary alicyclic amines) is 1. The Labute approximate surface area is 173 Å². The minimum Gasteiger partial charge on any atom is -0.372 e. The number of hydrogen-bond acceptors (Lipinski definition) is 5. The number of aromatic nitrogens is 1.